The molecular weight excluding hydrogens is 350 g/mol. The summed E-state index contributed by atoms with van der Waals surface area (Å²) in [6.07, 6.45) is 0.909. The summed E-state index contributed by atoms with van der Waals surface area (Å²) in [6.45, 7) is 1.87. The van der Waals surface area contributed by atoms with Gasteiger partial charge < -0.3 is 10.1 Å². The van der Waals surface area contributed by atoms with Crippen molar-refractivity contribution in [3.05, 3.63) is 63.1 Å². The Labute approximate surface area is 138 Å². The van der Waals surface area contributed by atoms with Crippen LogP contribution in [-0.2, 0) is 11.8 Å². The Kier molecular flexibility index (Phi) is 4.25. The van der Waals surface area contributed by atoms with Crippen molar-refractivity contribution in [3.8, 4) is 5.75 Å². The largest absolute Gasteiger partial charge is 0.496 e. The summed E-state index contributed by atoms with van der Waals surface area (Å²) >= 11 is 9.97. The maximum absolute atomic E-state index is 6.42. The van der Waals surface area contributed by atoms with Crippen molar-refractivity contribution >= 4 is 27.5 Å². The molecule has 21 heavy (non-hydrogen) atoms. The maximum Gasteiger partial charge on any atom is 0.122 e. The lowest BCUT2D eigenvalue weighted by molar-refractivity contribution is 0.271. The van der Waals surface area contributed by atoms with Crippen LogP contribution in [0.2, 0.25) is 5.02 Å². The van der Waals surface area contributed by atoms with Crippen LogP contribution in [0.4, 0.5) is 0 Å². The van der Waals surface area contributed by atoms with Crippen molar-refractivity contribution < 1.29 is 4.74 Å². The highest BCUT2D eigenvalue weighted by atomic mass is 79.9. The molecule has 1 N–H and O–H groups in total. The molecule has 0 spiro atoms. The molecule has 1 aliphatic heterocycles. The second-order valence-corrected chi connectivity index (χ2v) is 6.82. The van der Waals surface area contributed by atoms with E-state index in [-0.39, 0.29) is 5.41 Å². The average molecular weight is 367 g/mol. The standard InChI is InChI=1S/C17H17BrClNO/c1-21-16-7-6-13(18)8-12(16)9-17(10-20-11-17)14-4-2-3-5-15(14)19/h2-8,20H,9-11H2,1H3. The lowest BCUT2D eigenvalue weighted by Crippen LogP contribution is -2.58. The SMILES string of the molecule is COc1ccc(Br)cc1CC1(c2ccccc2Cl)CNC1. The second kappa shape index (κ2) is 5.99. The summed E-state index contributed by atoms with van der Waals surface area (Å²) in [5, 5.41) is 4.23. The molecule has 1 fully saturated rings. The number of methoxy groups -OCH3 is 1. The first kappa shape index (κ1) is 14.9. The fourth-order valence-corrected chi connectivity index (χ4v) is 3.72. The average Bonchev–Trinajstić information content (AvgIpc) is 2.44. The van der Waals surface area contributed by atoms with Crippen molar-refractivity contribution in [3.63, 3.8) is 0 Å². The molecule has 1 heterocycles. The number of ether oxygens (including phenoxy) is 1. The van der Waals surface area contributed by atoms with Gasteiger partial charge in [-0.15, -0.1) is 0 Å². The van der Waals surface area contributed by atoms with Crippen LogP contribution in [0, 0.1) is 0 Å². The fourth-order valence-electron chi connectivity index (χ4n) is 2.98. The van der Waals surface area contributed by atoms with Crippen molar-refractivity contribution in [1.82, 2.24) is 5.32 Å². The van der Waals surface area contributed by atoms with E-state index in [9.17, 15) is 0 Å². The van der Waals surface area contributed by atoms with Crippen LogP contribution in [0.1, 0.15) is 11.1 Å². The number of nitrogens with one attached hydrogen (secondary N) is 1. The molecule has 4 heteroatoms. The van der Waals surface area contributed by atoms with E-state index in [0.717, 1.165) is 34.8 Å². The molecule has 3 rings (SSSR count). The quantitative estimate of drug-likeness (QED) is 0.876. The summed E-state index contributed by atoms with van der Waals surface area (Å²) < 4.78 is 6.58. The molecule has 2 aromatic rings. The summed E-state index contributed by atoms with van der Waals surface area (Å²) in [5.41, 5.74) is 2.47. The van der Waals surface area contributed by atoms with E-state index in [0.29, 0.717) is 0 Å². The minimum atomic E-state index is 0.0480. The smallest absolute Gasteiger partial charge is 0.122 e. The molecule has 1 aliphatic rings. The van der Waals surface area contributed by atoms with Gasteiger partial charge in [-0.3, -0.25) is 0 Å². The maximum atomic E-state index is 6.42. The van der Waals surface area contributed by atoms with E-state index in [1.807, 2.05) is 24.3 Å². The van der Waals surface area contributed by atoms with Gasteiger partial charge in [-0.05, 0) is 41.8 Å². The number of halogens is 2. The molecule has 1 saturated heterocycles. The van der Waals surface area contributed by atoms with Crippen molar-refractivity contribution in [2.24, 2.45) is 0 Å². The zero-order chi connectivity index (χ0) is 14.9. The van der Waals surface area contributed by atoms with Crippen molar-refractivity contribution in [2.45, 2.75) is 11.8 Å². The molecule has 0 aliphatic carbocycles. The highest BCUT2D eigenvalue weighted by Gasteiger charge is 2.40. The van der Waals surface area contributed by atoms with E-state index in [4.69, 9.17) is 16.3 Å². The molecule has 110 valence electrons. The van der Waals surface area contributed by atoms with Gasteiger partial charge >= 0.3 is 0 Å². The van der Waals surface area contributed by atoms with Gasteiger partial charge in [0.25, 0.3) is 0 Å². The first-order valence-corrected chi connectivity index (χ1v) is 8.10. The lowest BCUT2D eigenvalue weighted by Gasteiger charge is -2.44. The lowest BCUT2D eigenvalue weighted by atomic mass is 9.71. The Balaban J connectivity index is 1.99. The van der Waals surface area contributed by atoms with Gasteiger partial charge in [0, 0.05) is 28.0 Å². The van der Waals surface area contributed by atoms with Gasteiger partial charge in [0.2, 0.25) is 0 Å². The molecule has 0 unspecified atom stereocenters. The molecule has 0 saturated carbocycles. The van der Waals surface area contributed by atoms with Crippen LogP contribution >= 0.6 is 27.5 Å². The predicted octanol–water partition coefficient (Wildman–Crippen LogP) is 4.19. The van der Waals surface area contributed by atoms with Crippen molar-refractivity contribution in [2.75, 3.05) is 20.2 Å². The first-order valence-electron chi connectivity index (χ1n) is 6.93. The summed E-state index contributed by atoms with van der Waals surface area (Å²) in [4.78, 5) is 0. The monoisotopic (exact) mass is 365 g/mol. The third-order valence-electron chi connectivity index (χ3n) is 4.14. The van der Waals surface area contributed by atoms with E-state index in [1.54, 1.807) is 7.11 Å². The predicted molar refractivity (Wildman–Crippen MR) is 90.4 cm³/mol. The van der Waals surface area contributed by atoms with E-state index in [2.05, 4.69) is 39.4 Å². The van der Waals surface area contributed by atoms with Crippen LogP contribution < -0.4 is 10.1 Å². The van der Waals surface area contributed by atoms with Crippen LogP contribution in [0.15, 0.2) is 46.9 Å². The van der Waals surface area contributed by atoms with Crippen molar-refractivity contribution in [1.29, 1.82) is 0 Å². The molecule has 0 aromatic heterocycles. The summed E-state index contributed by atoms with van der Waals surface area (Å²) in [5.74, 6) is 0.927. The second-order valence-electron chi connectivity index (χ2n) is 5.50. The zero-order valence-electron chi connectivity index (χ0n) is 11.8. The molecule has 0 atom stereocenters. The van der Waals surface area contributed by atoms with Gasteiger partial charge in [-0.2, -0.15) is 0 Å². The Morgan fingerprint density at radius 1 is 1.24 bits per heavy atom. The molecule has 2 aromatic carbocycles. The highest BCUT2D eigenvalue weighted by molar-refractivity contribution is 9.10. The van der Waals surface area contributed by atoms with Crippen LogP contribution in [0.25, 0.3) is 0 Å². The highest BCUT2D eigenvalue weighted by Crippen LogP contribution is 2.39. The Morgan fingerprint density at radius 3 is 2.62 bits per heavy atom. The van der Waals surface area contributed by atoms with E-state index >= 15 is 0 Å². The molecule has 0 radical (unpaired) electrons. The molecular formula is C17H17BrClNO. The minimum absolute atomic E-state index is 0.0480. The third kappa shape index (κ3) is 2.83. The van der Waals surface area contributed by atoms with E-state index < -0.39 is 0 Å². The van der Waals surface area contributed by atoms with Gasteiger partial charge in [-0.1, -0.05) is 45.7 Å². The van der Waals surface area contributed by atoms with Gasteiger partial charge in [-0.25, -0.2) is 0 Å². The first-order chi connectivity index (χ1) is 10.1. The Bertz CT molecular complexity index is 655. The number of benzene rings is 2. The normalized spacial score (nSPS) is 16.3. The van der Waals surface area contributed by atoms with Gasteiger partial charge in [0.05, 0.1) is 7.11 Å². The zero-order valence-corrected chi connectivity index (χ0v) is 14.2. The van der Waals surface area contributed by atoms with Crippen LogP contribution in [-0.4, -0.2) is 20.2 Å². The minimum Gasteiger partial charge on any atom is -0.496 e. The summed E-state index contributed by atoms with van der Waals surface area (Å²) in [7, 11) is 1.72. The van der Waals surface area contributed by atoms with Crippen LogP contribution in [0.3, 0.4) is 0 Å². The Morgan fingerprint density at radius 2 is 2.00 bits per heavy atom. The third-order valence-corrected chi connectivity index (χ3v) is 4.97. The molecule has 0 amide bonds. The van der Waals surface area contributed by atoms with Crippen LogP contribution in [0.5, 0.6) is 5.75 Å². The number of hydrogen-bond donors (Lipinski definition) is 1. The topological polar surface area (TPSA) is 21.3 Å². The number of hydrogen-bond acceptors (Lipinski definition) is 2. The van der Waals surface area contributed by atoms with Gasteiger partial charge in [0.1, 0.15) is 5.75 Å². The molecule has 0 bridgehead atoms. The molecule has 2 nitrogen and oxygen atoms in total. The van der Waals surface area contributed by atoms with Gasteiger partial charge in [0.15, 0.2) is 0 Å². The summed E-state index contributed by atoms with van der Waals surface area (Å²) in [6, 6.07) is 14.3. The number of rotatable bonds is 4. The fraction of sp³-hybridized carbons (Fsp3) is 0.294. The van der Waals surface area contributed by atoms with E-state index in [1.165, 1.54) is 11.1 Å². The Hall–Kier alpha value is -1.03.